The summed E-state index contributed by atoms with van der Waals surface area (Å²) in [5.41, 5.74) is 1.89. The summed E-state index contributed by atoms with van der Waals surface area (Å²) in [6.45, 7) is 0. The van der Waals surface area contributed by atoms with Gasteiger partial charge in [-0.15, -0.1) is 0 Å². The van der Waals surface area contributed by atoms with Crippen LogP contribution in [0.2, 0.25) is 0 Å². The average Bonchev–Trinajstić information content (AvgIpc) is 3.07. The number of benzene rings is 1. The Balaban J connectivity index is 1.62. The van der Waals surface area contributed by atoms with Crippen LogP contribution in [0.3, 0.4) is 0 Å². The first-order valence-electron chi connectivity index (χ1n) is 8.21. The standard InChI is InChI=1S/C18H21FN2O/c19-18(8-2-1-3-9-18)10-7-14-13-5-4-6-16(22)17(13)15-11-20-12-21(14)15/h4-6,11-12,14,22H,1-3,7-10H2/t14-/m0/s1. The molecular formula is C18H21FN2O. The fourth-order valence-electron chi connectivity index (χ4n) is 4.14. The van der Waals surface area contributed by atoms with Crippen molar-refractivity contribution in [2.75, 3.05) is 0 Å². The van der Waals surface area contributed by atoms with Gasteiger partial charge >= 0.3 is 0 Å². The van der Waals surface area contributed by atoms with E-state index < -0.39 is 5.67 Å². The van der Waals surface area contributed by atoms with Gasteiger partial charge in [0, 0.05) is 5.56 Å². The third kappa shape index (κ3) is 2.13. The Morgan fingerprint density at radius 1 is 1.27 bits per heavy atom. The Morgan fingerprint density at radius 2 is 2.09 bits per heavy atom. The van der Waals surface area contributed by atoms with Crippen molar-refractivity contribution >= 4 is 0 Å². The lowest BCUT2D eigenvalue weighted by atomic mass is 9.82. The third-order valence-corrected chi connectivity index (χ3v) is 5.31. The highest BCUT2D eigenvalue weighted by Crippen LogP contribution is 2.47. The SMILES string of the molecule is Oc1cccc2c1-c1cncn1[C@H]2CCC1(F)CCCCC1. The molecule has 4 rings (SSSR count). The van der Waals surface area contributed by atoms with E-state index in [2.05, 4.69) is 9.55 Å². The zero-order valence-electron chi connectivity index (χ0n) is 12.6. The van der Waals surface area contributed by atoms with E-state index in [9.17, 15) is 9.50 Å². The highest BCUT2D eigenvalue weighted by molar-refractivity contribution is 5.75. The minimum atomic E-state index is -1.00. The van der Waals surface area contributed by atoms with Gasteiger partial charge in [-0.25, -0.2) is 9.37 Å². The molecule has 1 saturated carbocycles. The Kier molecular flexibility index (Phi) is 3.21. The first-order chi connectivity index (χ1) is 10.7. The molecule has 1 atom stereocenters. The van der Waals surface area contributed by atoms with Gasteiger partial charge in [-0.3, -0.25) is 0 Å². The van der Waals surface area contributed by atoms with E-state index in [-0.39, 0.29) is 11.8 Å². The van der Waals surface area contributed by atoms with E-state index in [1.165, 1.54) is 0 Å². The Hall–Kier alpha value is -1.84. The second kappa shape index (κ2) is 5.11. The molecule has 1 aromatic heterocycles. The van der Waals surface area contributed by atoms with Gasteiger partial charge in [0.25, 0.3) is 0 Å². The van der Waals surface area contributed by atoms with Crippen molar-refractivity contribution in [1.82, 2.24) is 9.55 Å². The number of alkyl halides is 1. The molecule has 0 bridgehead atoms. The van der Waals surface area contributed by atoms with E-state index in [0.717, 1.165) is 42.5 Å². The van der Waals surface area contributed by atoms with Crippen LogP contribution in [0.25, 0.3) is 11.3 Å². The molecule has 1 N–H and O–H groups in total. The topological polar surface area (TPSA) is 38.1 Å². The molecule has 2 heterocycles. The molecule has 116 valence electrons. The maximum Gasteiger partial charge on any atom is 0.125 e. The monoisotopic (exact) mass is 300 g/mol. The number of aromatic nitrogens is 2. The van der Waals surface area contributed by atoms with Crippen molar-refractivity contribution in [2.24, 2.45) is 0 Å². The Morgan fingerprint density at radius 3 is 2.91 bits per heavy atom. The number of phenols is 1. The minimum absolute atomic E-state index is 0.0918. The lowest BCUT2D eigenvalue weighted by molar-refractivity contribution is 0.0903. The summed E-state index contributed by atoms with van der Waals surface area (Å²) in [4.78, 5) is 4.20. The number of fused-ring (bicyclic) bond motifs is 3. The van der Waals surface area contributed by atoms with Gasteiger partial charge in [0.05, 0.1) is 24.3 Å². The molecule has 0 unspecified atom stereocenters. The Labute approximate surface area is 129 Å². The molecular weight excluding hydrogens is 279 g/mol. The lowest BCUT2D eigenvalue weighted by Gasteiger charge is -2.30. The summed E-state index contributed by atoms with van der Waals surface area (Å²) >= 11 is 0. The number of halogens is 1. The second-order valence-corrected chi connectivity index (χ2v) is 6.69. The molecule has 2 aromatic rings. The second-order valence-electron chi connectivity index (χ2n) is 6.69. The fourth-order valence-corrected chi connectivity index (χ4v) is 4.14. The van der Waals surface area contributed by atoms with Crippen LogP contribution in [0.5, 0.6) is 5.75 Å². The van der Waals surface area contributed by atoms with Crippen molar-refractivity contribution < 1.29 is 9.50 Å². The van der Waals surface area contributed by atoms with E-state index >= 15 is 0 Å². The zero-order chi connectivity index (χ0) is 15.2. The first kappa shape index (κ1) is 13.8. The van der Waals surface area contributed by atoms with Gasteiger partial charge in [0.2, 0.25) is 0 Å². The van der Waals surface area contributed by atoms with Crippen LogP contribution in [-0.4, -0.2) is 20.3 Å². The summed E-state index contributed by atoms with van der Waals surface area (Å²) in [5, 5.41) is 10.2. The van der Waals surface area contributed by atoms with Crippen molar-refractivity contribution in [3.63, 3.8) is 0 Å². The number of imidazole rings is 1. The van der Waals surface area contributed by atoms with Gasteiger partial charge in [-0.05, 0) is 37.3 Å². The molecule has 0 amide bonds. The molecule has 0 radical (unpaired) electrons. The molecule has 0 spiro atoms. The normalized spacial score (nSPS) is 22.3. The predicted molar refractivity (Wildman–Crippen MR) is 83.6 cm³/mol. The van der Waals surface area contributed by atoms with Gasteiger partial charge in [0.15, 0.2) is 0 Å². The minimum Gasteiger partial charge on any atom is -0.507 e. The average molecular weight is 300 g/mol. The van der Waals surface area contributed by atoms with Crippen LogP contribution in [0.15, 0.2) is 30.7 Å². The smallest absolute Gasteiger partial charge is 0.125 e. The highest BCUT2D eigenvalue weighted by atomic mass is 19.1. The van der Waals surface area contributed by atoms with Crippen LogP contribution in [-0.2, 0) is 0 Å². The fraction of sp³-hybridized carbons (Fsp3) is 0.500. The lowest BCUT2D eigenvalue weighted by Crippen LogP contribution is -2.27. The van der Waals surface area contributed by atoms with Crippen LogP contribution < -0.4 is 0 Å². The summed E-state index contributed by atoms with van der Waals surface area (Å²) in [6.07, 6.45) is 9.50. The number of hydrogen-bond acceptors (Lipinski definition) is 2. The number of nitrogens with zero attached hydrogens (tertiary/aromatic N) is 2. The van der Waals surface area contributed by atoms with E-state index in [4.69, 9.17) is 0 Å². The molecule has 2 aliphatic rings. The van der Waals surface area contributed by atoms with Gasteiger partial charge < -0.3 is 9.67 Å². The van der Waals surface area contributed by atoms with Gasteiger partial charge in [0.1, 0.15) is 11.4 Å². The van der Waals surface area contributed by atoms with Crippen LogP contribution in [0.1, 0.15) is 56.6 Å². The molecule has 3 nitrogen and oxygen atoms in total. The highest BCUT2D eigenvalue weighted by Gasteiger charge is 2.35. The van der Waals surface area contributed by atoms with Crippen LogP contribution >= 0.6 is 0 Å². The quantitative estimate of drug-likeness (QED) is 0.898. The van der Waals surface area contributed by atoms with Crippen molar-refractivity contribution in [3.05, 3.63) is 36.3 Å². The molecule has 4 heteroatoms. The number of phenolic OH excluding ortho intramolecular Hbond substituents is 1. The summed E-state index contributed by atoms with van der Waals surface area (Å²) in [7, 11) is 0. The van der Waals surface area contributed by atoms with Crippen molar-refractivity contribution in [2.45, 2.75) is 56.7 Å². The summed E-state index contributed by atoms with van der Waals surface area (Å²) < 4.78 is 17.0. The van der Waals surface area contributed by atoms with Crippen LogP contribution in [0, 0.1) is 0 Å². The maximum atomic E-state index is 14.9. The van der Waals surface area contributed by atoms with E-state index in [1.54, 1.807) is 18.6 Å². The predicted octanol–water partition coefficient (Wildman–Crippen LogP) is 4.61. The molecule has 1 fully saturated rings. The van der Waals surface area contributed by atoms with E-state index in [1.807, 2.05) is 12.1 Å². The number of aromatic hydroxyl groups is 1. The maximum absolute atomic E-state index is 14.9. The summed E-state index contributed by atoms with van der Waals surface area (Å²) in [5.74, 6) is 0.286. The van der Waals surface area contributed by atoms with Crippen molar-refractivity contribution in [3.8, 4) is 17.0 Å². The molecule has 0 saturated heterocycles. The molecule has 1 aliphatic heterocycles. The third-order valence-electron chi connectivity index (χ3n) is 5.31. The van der Waals surface area contributed by atoms with E-state index in [0.29, 0.717) is 19.3 Å². The van der Waals surface area contributed by atoms with Crippen molar-refractivity contribution in [1.29, 1.82) is 0 Å². The molecule has 1 aromatic carbocycles. The number of rotatable bonds is 3. The molecule has 22 heavy (non-hydrogen) atoms. The zero-order valence-corrected chi connectivity index (χ0v) is 12.6. The van der Waals surface area contributed by atoms with Crippen LogP contribution in [0.4, 0.5) is 4.39 Å². The largest absolute Gasteiger partial charge is 0.507 e. The van der Waals surface area contributed by atoms with Gasteiger partial charge in [-0.1, -0.05) is 31.4 Å². The number of hydrogen-bond donors (Lipinski definition) is 1. The van der Waals surface area contributed by atoms with Gasteiger partial charge in [-0.2, -0.15) is 0 Å². The molecule has 1 aliphatic carbocycles. The first-order valence-corrected chi connectivity index (χ1v) is 8.21. The summed E-state index contributed by atoms with van der Waals surface area (Å²) in [6, 6.07) is 5.70. The Bertz CT molecular complexity index is 688.